The van der Waals surface area contributed by atoms with Crippen LogP contribution in [0.25, 0.3) is 10.2 Å². The Morgan fingerprint density at radius 3 is 2.50 bits per heavy atom. The number of hydrogen-bond donors (Lipinski definition) is 0. The summed E-state index contributed by atoms with van der Waals surface area (Å²) in [6, 6.07) is 4.88. The van der Waals surface area contributed by atoms with Gasteiger partial charge < -0.3 is 4.74 Å². The highest BCUT2D eigenvalue weighted by Crippen LogP contribution is 2.38. The minimum absolute atomic E-state index is 0.103. The zero-order chi connectivity index (χ0) is 14.3. The van der Waals surface area contributed by atoms with Gasteiger partial charge in [0, 0.05) is 6.07 Å². The molecule has 2 heterocycles. The van der Waals surface area contributed by atoms with Crippen molar-refractivity contribution in [1.29, 1.82) is 0 Å². The fourth-order valence-corrected chi connectivity index (χ4v) is 3.11. The summed E-state index contributed by atoms with van der Waals surface area (Å²) < 4.78 is 5.69. The van der Waals surface area contributed by atoms with E-state index < -0.39 is 0 Å². The van der Waals surface area contributed by atoms with E-state index in [1.807, 2.05) is 11.4 Å². The summed E-state index contributed by atoms with van der Waals surface area (Å²) in [6.07, 6.45) is 0. The van der Waals surface area contributed by atoms with Crippen LogP contribution in [0.3, 0.4) is 0 Å². The number of nitrogens with zero attached hydrogens (tertiary/aromatic N) is 2. The van der Waals surface area contributed by atoms with Gasteiger partial charge in [0.1, 0.15) is 10.6 Å². The molecule has 0 aliphatic carbocycles. The molecular weight excluding hydrogens is 362 g/mol. The lowest BCUT2D eigenvalue weighted by Crippen LogP contribution is -1.92. The monoisotopic (exact) mass is 364 g/mol. The van der Waals surface area contributed by atoms with E-state index in [0.29, 0.717) is 26.7 Å². The Morgan fingerprint density at radius 2 is 1.70 bits per heavy atom. The Bertz CT molecular complexity index is 805. The molecule has 3 rings (SSSR count). The second-order valence-corrected chi connectivity index (χ2v) is 6.19. The number of hydrogen-bond acceptors (Lipinski definition) is 4. The molecule has 3 aromatic rings. The Morgan fingerprint density at radius 1 is 0.950 bits per heavy atom. The van der Waals surface area contributed by atoms with Crippen LogP contribution in [0.2, 0.25) is 20.4 Å². The van der Waals surface area contributed by atoms with Crippen molar-refractivity contribution >= 4 is 68.0 Å². The van der Waals surface area contributed by atoms with Gasteiger partial charge in [-0.05, 0) is 29.1 Å². The van der Waals surface area contributed by atoms with Crippen molar-refractivity contribution in [3.05, 3.63) is 43.9 Å². The molecule has 2 aromatic heterocycles. The zero-order valence-corrected chi connectivity index (χ0v) is 13.4. The van der Waals surface area contributed by atoms with E-state index in [0.717, 1.165) is 10.2 Å². The van der Waals surface area contributed by atoms with Crippen molar-refractivity contribution in [2.24, 2.45) is 0 Å². The first-order chi connectivity index (χ1) is 9.54. The van der Waals surface area contributed by atoms with E-state index in [1.54, 1.807) is 0 Å². The maximum Gasteiger partial charge on any atom is 0.232 e. The Balaban J connectivity index is 2.09. The minimum atomic E-state index is 0.103. The number of thiophene rings is 1. The molecule has 0 spiro atoms. The lowest BCUT2D eigenvalue weighted by Gasteiger charge is -2.09. The van der Waals surface area contributed by atoms with Gasteiger partial charge in [0.05, 0.1) is 20.5 Å². The highest BCUT2D eigenvalue weighted by molar-refractivity contribution is 7.16. The SMILES string of the molecule is Clc1nc(Oc2cc(Cl)c(Cl)cc2Cl)c2ccsc2n1. The second kappa shape index (κ2) is 5.54. The van der Waals surface area contributed by atoms with E-state index in [9.17, 15) is 0 Å². The predicted octanol–water partition coefficient (Wildman–Crippen LogP) is 6.10. The van der Waals surface area contributed by atoms with Crippen LogP contribution in [0.4, 0.5) is 0 Å². The summed E-state index contributed by atoms with van der Waals surface area (Å²) in [5, 5.41) is 3.75. The highest BCUT2D eigenvalue weighted by Gasteiger charge is 2.13. The van der Waals surface area contributed by atoms with Crippen LogP contribution in [0.15, 0.2) is 23.6 Å². The molecule has 0 unspecified atom stereocenters. The van der Waals surface area contributed by atoms with Crippen LogP contribution in [0.1, 0.15) is 0 Å². The summed E-state index contributed by atoms with van der Waals surface area (Å²) in [7, 11) is 0. The first-order valence-corrected chi connectivity index (χ1v) is 7.67. The van der Waals surface area contributed by atoms with E-state index >= 15 is 0 Å². The Hall–Kier alpha value is -0.780. The van der Waals surface area contributed by atoms with E-state index in [-0.39, 0.29) is 5.28 Å². The molecule has 0 fully saturated rings. The summed E-state index contributed by atoms with van der Waals surface area (Å²) in [5.74, 6) is 0.671. The average Bonchev–Trinajstić information content (AvgIpc) is 2.84. The van der Waals surface area contributed by atoms with Crippen molar-refractivity contribution < 1.29 is 4.74 Å². The van der Waals surface area contributed by atoms with Gasteiger partial charge in [-0.25, -0.2) is 4.98 Å². The molecular formula is C12H4Cl4N2OS. The molecule has 0 radical (unpaired) electrons. The highest BCUT2D eigenvalue weighted by atomic mass is 35.5. The lowest BCUT2D eigenvalue weighted by atomic mass is 10.3. The third-order valence-electron chi connectivity index (χ3n) is 2.44. The quantitative estimate of drug-likeness (QED) is 0.406. The lowest BCUT2D eigenvalue weighted by molar-refractivity contribution is 0.469. The maximum absolute atomic E-state index is 6.07. The van der Waals surface area contributed by atoms with Gasteiger partial charge in [-0.15, -0.1) is 11.3 Å². The fourth-order valence-electron chi connectivity index (χ4n) is 1.57. The van der Waals surface area contributed by atoms with Gasteiger partial charge in [-0.3, -0.25) is 0 Å². The number of rotatable bonds is 2. The minimum Gasteiger partial charge on any atom is -0.437 e. The van der Waals surface area contributed by atoms with Crippen LogP contribution >= 0.6 is 57.7 Å². The molecule has 0 saturated carbocycles. The summed E-state index contributed by atoms with van der Waals surface area (Å²) in [5.41, 5.74) is 0. The zero-order valence-electron chi connectivity index (χ0n) is 9.53. The maximum atomic E-state index is 6.07. The van der Waals surface area contributed by atoms with Gasteiger partial charge in [0.2, 0.25) is 11.2 Å². The number of halogens is 4. The molecule has 0 N–H and O–H groups in total. The smallest absolute Gasteiger partial charge is 0.232 e. The van der Waals surface area contributed by atoms with E-state index in [2.05, 4.69) is 9.97 Å². The molecule has 0 atom stereocenters. The molecule has 0 aliphatic rings. The fraction of sp³-hybridized carbons (Fsp3) is 0. The first-order valence-electron chi connectivity index (χ1n) is 5.28. The first kappa shape index (κ1) is 14.2. The molecule has 0 saturated heterocycles. The topological polar surface area (TPSA) is 35.0 Å². The predicted molar refractivity (Wildman–Crippen MR) is 84.0 cm³/mol. The van der Waals surface area contributed by atoms with Gasteiger partial charge in [-0.2, -0.15) is 4.98 Å². The molecule has 102 valence electrons. The van der Waals surface area contributed by atoms with Crippen molar-refractivity contribution in [3.8, 4) is 11.6 Å². The number of benzene rings is 1. The molecule has 0 aliphatic heterocycles. The van der Waals surface area contributed by atoms with Gasteiger partial charge in [-0.1, -0.05) is 34.8 Å². The van der Waals surface area contributed by atoms with Crippen LogP contribution in [0.5, 0.6) is 11.6 Å². The molecule has 0 bridgehead atoms. The number of aromatic nitrogens is 2. The Kier molecular flexibility index (Phi) is 3.93. The summed E-state index contributed by atoms with van der Waals surface area (Å²) in [6.45, 7) is 0. The van der Waals surface area contributed by atoms with Crippen molar-refractivity contribution in [2.75, 3.05) is 0 Å². The molecule has 20 heavy (non-hydrogen) atoms. The standard InChI is InChI=1S/C12H4Cl4N2OS/c13-6-3-8(15)9(4-7(6)14)19-10-5-1-2-20-11(5)18-12(16)17-10/h1-4H. The molecule has 8 heteroatoms. The summed E-state index contributed by atoms with van der Waals surface area (Å²) >= 11 is 25.2. The number of ether oxygens (including phenoxy) is 1. The molecule has 3 nitrogen and oxygen atoms in total. The molecule has 0 amide bonds. The summed E-state index contributed by atoms with van der Waals surface area (Å²) in [4.78, 5) is 8.90. The van der Waals surface area contributed by atoms with Crippen LogP contribution in [0, 0.1) is 0 Å². The normalized spacial score (nSPS) is 11.0. The third kappa shape index (κ3) is 2.67. The second-order valence-electron chi connectivity index (χ2n) is 3.74. The van der Waals surface area contributed by atoms with Gasteiger partial charge in [0.25, 0.3) is 0 Å². The van der Waals surface area contributed by atoms with E-state index in [4.69, 9.17) is 51.1 Å². The van der Waals surface area contributed by atoms with Crippen molar-refractivity contribution in [1.82, 2.24) is 9.97 Å². The van der Waals surface area contributed by atoms with Crippen LogP contribution in [-0.2, 0) is 0 Å². The van der Waals surface area contributed by atoms with Crippen molar-refractivity contribution in [3.63, 3.8) is 0 Å². The number of fused-ring (bicyclic) bond motifs is 1. The van der Waals surface area contributed by atoms with E-state index in [1.165, 1.54) is 23.5 Å². The molecule has 1 aromatic carbocycles. The van der Waals surface area contributed by atoms with Crippen LogP contribution < -0.4 is 4.74 Å². The van der Waals surface area contributed by atoms with Crippen molar-refractivity contribution in [2.45, 2.75) is 0 Å². The average molecular weight is 366 g/mol. The van der Waals surface area contributed by atoms with Crippen LogP contribution in [-0.4, -0.2) is 9.97 Å². The Labute approximate surface area is 138 Å². The van der Waals surface area contributed by atoms with Gasteiger partial charge >= 0.3 is 0 Å². The van der Waals surface area contributed by atoms with Gasteiger partial charge in [0.15, 0.2) is 0 Å². The largest absolute Gasteiger partial charge is 0.437 e. The third-order valence-corrected chi connectivity index (χ3v) is 4.44.